The average molecular weight is 447 g/mol. The number of guanidine groups is 1. The Kier molecular flexibility index (Phi) is 5.70. The molecule has 2 heterocycles. The molecular weight excluding hydrogens is 413 g/mol. The van der Waals surface area contributed by atoms with E-state index in [4.69, 9.17) is 9.73 Å². The van der Waals surface area contributed by atoms with E-state index in [-0.39, 0.29) is 29.4 Å². The van der Waals surface area contributed by atoms with Crippen molar-refractivity contribution in [1.82, 2.24) is 10.2 Å². The van der Waals surface area contributed by atoms with Gasteiger partial charge in [0.05, 0.1) is 6.10 Å². The molecule has 2 aliphatic heterocycles. The summed E-state index contributed by atoms with van der Waals surface area (Å²) >= 11 is 0. The Balaban J connectivity index is 0.00000169. The summed E-state index contributed by atoms with van der Waals surface area (Å²) in [5.41, 5.74) is 0.224. The molecule has 2 saturated carbocycles. The molecule has 0 bridgehead atoms. The van der Waals surface area contributed by atoms with E-state index < -0.39 is 0 Å². The van der Waals surface area contributed by atoms with E-state index in [1.54, 1.807) is 0 Å². The molecule has 0 aromatic rings. The van der Waals surface area contributed by atoms with Crippen molar-refractivity contribution in [1.29, 1.82) is 0 Å². The lowest BCUT2D eigenvalue weighted by atomic mass is 9.57. The SMILES string of the molecule is CCN=C(NC1C2CCOC2C1(C)C)N1CC2CCCCC2C1.I. The van der Waals surface area contributed by atoms with E-state index in [9.17, 15) is 0 Å². The molecule has 5 unspecified atom stereocenters. The van der Waals surface area contributed by atoms with Crippen LogP contribution in [0.25, 0.3) is 0 Å². The Morgan fingerprint density at radius 3 is 2.46 bits per heavy atom. The first kappa shape index (κ1) is 18.7. The number of fused-ring (bicyclic) bond motifs is 2. The van der Waals surface area contributed by atoms with Crippen molar-refractivity contribution in [3.05, 3.63) is 0 Å². The summed E-state index contributed by atoms with van der Waals surface area (Å²) in [4.78, 5) is 7.42. The molecule has 0 aromatic heterocycles. The van der Waals surface area contributed by atoms with Crippen LogP contribution in [0.2, 0.25) is 0 Å². The maximum atomic E-state index is 5.95. The van der Waals surface area contributed by atoms with Crippen molar-refractivity contribution in [2.75, 3.05) is 26.2 Å². The lowest BCUT2D eigenvalue weighted by Crippen LogP contribution is -2.68. The van der Waals surface area contributed by atoms with Crippen molar-refractivity contribution in [3.63, 3.8) is 0 Å². The van der Waals surface area contributed by atoms with Crippen LogP contribution in [-0.4, -0.2) is 49.2 Å². The van der Waals surface area contributed by atoms with Crippen LogP contribution in [0, 0.1) is 23.2 Å². The van der Waals surface area contributed by atoms with Gasteiger partial charge in [0.2, 0.25) is 0 Å². The van der Waals surface area contributed by atoms with Crippen molar-refractivity contribution in [3.8, 4) is 0 Å². The molecule has 138 valence electrons. The van der Waals surface area contributed by atoms with Gasteiger partial charge in [-0.25, -0.2) is 0 Å². The van der Waals surface area contributed by atoms with Crippen molar-refractivity contribution >= 4 is 29.9 Å². The summed E-state index contributed by atoms with van der Waals surface area (Å²) in [6.07, 6.45) is 7.36. The molecule has 4 nitrogen and oxygen atoms in total. The van der Waals surface area contributed by atoms with Gasteiger partial charge in [-0.15, -0.1) is 24.0 Å². The number of halogens is 1. The highest BCUT2D eigenvalue weighted by Crippen LogP contribution is 2.52. The summed E-state index contributed by atoms with van der Waals surface area (Å²) in [6, 6.07) is 0.517. The lowest BCUT2D eigenvalue weighted by Gasteiger charge is -2.55. The van der Waals surface area contributed by atoms with Crippen molar-refractivity contribution in [2.24, 2.45) is 28.2 Å². The quantitative estimate of drug-likeness (QED) is 0.400. The Morgan fingerprint density at radius 2 is 1.83 bits per heavy atom. The van der Waals surface area contributed by atoms with Crippen LogP contribution in [0.15, 0.2) is 4.99 Å². The minimum atomic E-state index is 0. The first-order chi connectivity index (χ1) is 11.1. The zero-order valence-electron chi connectivity index (χ0n) is 15.5. The Bertz CT molecular complexity index is 467. The summed E-state index contributed by atoms with van der Waals surface area (Å²) in [7, 11) is 0. The number of likely N-dealkylation sites (tertiary alicyclic amines) is 1. The molecule has 5 heteroatoms. The molecule has 4 aliphatic rings. The monoisotopic (exact) mass is 447 g/mol. The molecule has 2 saturated heterocycles. The second kappa shape index (κ2) is 7.29. The number of nitrogens with one attached hydrogen (secondary N) is 1. The van der Waals surface area contributed by atoms with Crippen LogP contribution in [0.3, 0.4) is 0 Å². The topological polar surface area (TPSA) is 36.9 Å². The normalized spacial score (nSPS) is 40.4. The van der Waals surface area contributed by atoms with Crippen LogP contribution in [0.4, 0.5) is 0 Å². The predicted octanol–water partition coefficient (Wildman–Crippen LogP) is 3.51. The first-order valence-corrected chi connectivity index (χ1v) is 9.78. The molecule has 2 aliphatic carbocycles. The fourth-order valence-electron chi connectivity index (χ4n) is 5.72. The third-order valence-corrected chi connectivity index (χ3v) is 6.97. The van der Waals surface area contributed by atoms with Gasteiger partial charge >= 0.3 is 0 Å². The Labute approximate surface area is 164 Å². The summed E-state index contributed by atoms with van der Waals surface area (Å²) in [5, 5.41) is 3.86. The van der Waals surface area contributed by atoms with Gasteiger partial charge in [0.1, 0.15) is 0 Å². The minimum absolute atomic E-state index is 0. The number of nitrogens with zero attached hydrogens (tertiary/aromatic N) is 2. The van der Waals surface area contributed by atoms with E-state index in [1.165, 1.54) is 51.2 Å². The number of ether oxygens (including phenoxy) is 1. The number of rotatable bonds is 2. The van der Waals surface area contributed by atoms with Crippen LogP contribution in [0.1, 0.15) is 52.9 Å². The van der Waals surface area contributed by atoms with Crippen LogP contribution in [0.5, 0.6) is 0 Å². The molecule has 4 rings (SSSR count). The molecule has 0 aromatic carbocycles. The van der Waals surface area contributed by atoms with E-state index in [1.807, 2.05) is 0 Å². The molecule has 0 radical (unpaired) electrons. The van der Waals surface area contributed by atoms with Crippen LogP contribution < -0.4 is 5.32 Å². The first-order valence-electron chi connectivity index (χ1n) is 9.78. The maximum absolute atomic E-state index is 5.95. The molecule has 1 N–H and O–H groups in total. The van der Waals surface area contributed by atoms with Gasteiger partial charge in [0, 0.05) is 43.6 Å². The molecular formula is C19H34IN3O. The van der Waals surface area contributed by atoms with E-state index in [0.717, 1.165) is 25.0 Å². The maximum Gasteiger partial charge on any atom is 0.194 e. The summed E-state index contributed by atoms with van der Waals surface area (Å²) in [6.45, 7) is 11.1. The van der Waals surface area contributed by atoms with Gasteiger partial charge in [-0.3, -0.25) is 4.99 Å². The Morgan fingerprint density at radius 1 is 1.17 bits per heavy atom. The van der Waals surface area contributed by atoms with Gasteiger partial charge in [-0.1, -0.05) is 26.7 Å². The smallest absolute Gasteiger partial charge is 0.194 e. The average Bonchev–Trinajstić information content (AvgIpc) is 3.16. The fourth-order valence-corrected chi connectivity index (χ4v) is 5.72. The number of hydrogen-bond donors (Lipinski definition) is 1. The third kappa shape index (κ3) is 3.08. The summed E-state index contributed by atoms with van der Waals surface area (Å²) in [5.74, 6) is 3.66. The van der Waals surface area contributed by atoms with Crippen molar-refractivity contribution in [2.45, 2.75) is 65.0 Å². The number of aliphatic imine (C=N–C) groups is 1. The highest BCUT2D eigenvalue weighted by molar-refractivity contribution is 14.0. The van der Waals surface area contributed by atoms with Gasteiger partial charge in [-0.05, 0) is 38.0 Å². The highest BCUT2D eigenvalue weighted by Gasteiger charge is 2.59. The van der Waals surface area contributed by atoms with E-state index >= 15 is 0 Å². The summed E-state index contributed by atoms with van der Waals surface area (Å²) < 4.78 is 5.95. The standard InChI is InChI=1S/C19H33N3O.HI/c1-4-20-18(22-11-13-7-5-6-8-14(13)12-22)21-16-15-9-10-23-17(15)19(16,2)3;/h13-17H,4-12H2,1-3H3,(H,20,21);1H. The lowest BCUT2D eigenvalue weighted by molar-refractivity contribution is -0.107. The van der Waals surface area contributed by atoms with E-state index in [0.29, 0.717) is 18.1 Å². The van der Waals surface area contributed by atoms with Gasteiger partial charge in [0.15, 0.2) is 5.96 Å². The fraction of sp³-hybridized carbons (Fsp3) is 0.947. The highest BCUT2D eigenvalue weighted by atomic mass is 127. The van der Waals surface area contributed by atoms with Gasteiger partial charge < -0.3 is 15.0 Å². The number of hydrogen-bond acceptors (Lipinski definition) is 2. The van der Waals surface area contributed by atoms with Gasteiger partial charge in [0.25, 0.3) is 0 Å². The zero-order chi connectivity index (χ0) is 16.0. The van der Waals surface area contributed by atoms with Crippen molar-refractivity contribution < 1.29 is 4.74 Å². The second-order valence-electron chi connectivity index (χ2n) is 8.69. The van der Waals surface area contributed by atoms with E-state index in [2.05, 4.69) is 31.0 Å². The molecule has 4 fully saturated rings. The van der Waals surface area contributed by atoms with Crippen LogP contribution in [-0.2, 0) is 4.74 Å². The second-order valence-corrected chi connectivity index (χ2v) is 8.69. The third-order valence-electron chi connectivity index (χ3n) is 6.97. The molecule has 0 spiro atoms. The largest absolute Gasteiger partial charge is 0.377 e. The van der Waals surface area contributed by atoms with Gasteiger partial charge in [-0.2, -0.15) is 0 Å². The molecule has 24 heavy (non-hydrogen) atoms. The Hall–Kier alpha value is -0.0400. The predicted molar refractivity (Wildman–Crippen MR) is 109 cm³/mol. The molecule has 0 amide bonds. The minimum Gasteiger partial charge on any atom is -0.377 e. The van der Waals surface area contributed by atoms with Crippen LogP contribution >= 0.6 is 24.0 Å². The molecule has 5 atom stereocenters. The zero-order valence-corrected chi connectivity index (χ0v) is 17.8.